The van der Waals surface area contributed by atoms with E-state index in [0.717, 1.165) is 0 Å². The van der Waals surface area contributed by atoms with Crippen molar-refractivity contribution in [1.29, 1.82) is 0 Å². The summed E-state index contributed by atoms with van der Waals surface area (Å²) in [5.41, 5.74) is 0. The molecule has 1 N–H and O–H groups in total. The first kappa shape index (κ1) is 5.93. The van der Waals surface area contributed by atoms with Crippen molar-refractivity contribution in [3.05, 3.63) is 0 Å². The fraction of sp³-hybridized carbons (Fsp3) is 0. The molecule has 0 aliphatic heterocycles. The highest BCUT2D eigenvalue weighted by Crippen LogP contribution is 1.96. The van der Waals surface area contributed by atoms with Crippen LogP contribution in [-0.4, -0.2) is 6.93 Å². The van der Waals surface area contributed by atoms with Gasteiger partial charge in [0.25, 0.3) is 0 Å². The lowest BCUT2D eigenvalue weighted by Crippen LogP contribution is -1.59. The van der Waals surface area contributed by atoms with E-state index in [1.807, 2.05) is 45.2 Å². The normalized spacial score (nSPS) is 6.80. The largest absolute Gasteiger partial charge is 0.410 e. The van der Waals surface area contributed by atoms with Gasteiger partial charge in [-0.3, -0.25) is 0 Å². The van der Waals surface area contributed by atoms with E-state index in [1.54, 1.807) is 0 Å². The van der Waals surface area contributed by atoms with Crippen LogP contribution in [0.15, 0.2) is 5.16 Å². The van der Waals surface area contributed by atoms with Gasteiger partial charge in [0.1, 0.15) is 0 Å². The number of rotatable bonds is 0. The van der Waals surface area contributed by atoms with Crippen LogP contribution >= 0.6 is 45.2 Å². The molecule has 0 amide bonds. The van der Waals surface area contributed by atoms with Crippen molar-refractivity contribution in [2.45, 2.75) is 0 Å². The Morgan fingerprint density at radius 2 is 1.80 bits per heavy atom. The van der Waals surface area contributed by atoms with Crippen molar-refractivity contribution < 1.29 is 5.21 Å². The molecule has 4 heteroatoms. The zero-order valence-electron chi connectivity index (χ0n) is 2.15. The van der Waals surface area contributed by atoms with Gasteiger partial charge in [-0.2, -0.15) is 0 Å². The summed E-state index contributed by atoms with van der Waals surface area (Å²) >= 11 is 3.79. The average molecular weight is 297 g/mol. The Morgan fingerprint density at radius 1 is 1.60 bits per heavy atom. The van der Waals surface area contributed by atoms with Gasteiger partial charge in [-0.1, -0.05) is 5.16 Å². The summed E-state index contributed by atoms with van der Waals surface area (Å²) in [5.74, 6) is 0. The average Bonchev–Trinajstić information content (AvgIpc) is 1.38. The van der Waals surface area contributed by atoms with Crippen LogP contribution in [0.5, 0.6) is 0 Å². The Balaban J connectivity index is 3.14. The first-order chi connectivity index (χ1) is 2.27. The van der Waals surface area contributed by atoms with Gasteiger partial charge in [0, 0.05) is 0 Å². The molecule has 0 saturated carbocycles. The highest BCUT2D eigenvalue weighted by Gasteiger charge is 1.72. The molecule has 2 nitrogen and oxygen atoms in total. The maximum atomic E-state index is 7.72. The number of nitrogens with zero attached hydrogens (tertiary/aromatic N) is 1. The Kier molecular flexibility index (Phi) is 3.72. The summed E-state index contributed by atoms with van der Waals surface area (Å²) in [7, 11) is 0. The minimum absolute atomic E-state index is 0.625. The zero-order valence-corrected chi connectivity index (χ0v) is 6.47. The maximum Gasteiger partial charge on any atom is 0.177 e. The van der Waals surface area contributed by atoms with Gasteiger partial charge < -0.3 is 5.21 Å². The molecule has 0 aromatic carbocycles. The Labute approximate surface area is 56.9 Å². The lowest BCUT2D eigenvalue weighted by atomic mass is 11.7. The molecule has 0 spiro atoms. The van der Waals surface area contributed by atoms with Crippen LogP contribution in [0.1, 0.15) is 0 Å². The second kappa shape index (κ2) is 3.13. The van der Waals surface area contributed by atoms with Gasteiger partial charge in [-0.05, 0) is 45.2 Å². The fourth-order valence-corrected chi connectivity index (χ4v) is 0. The minimum Gasteiger partial charge on any atom is -0.410 e. The highest BCUT2D eigenvalue weighted by atomic mass is 127. The van der Waals surface area contributed by atoms with E-state index in [2.05, 4.69) is 5.16 Å². The molecule has 30 valence electrons. The molecule has 0 saturated heterocycles. The smallest absolute Gasteiger partial charge is 0.177 e. The SMILES string of the molecule is ON=C(I)I. The molecular weight excluding hydrogens is 296 g/mol. The predicted molar refractivity (Wildman–Crippen MR) is 37.3 cm³/mol. The van der Waals surface area contributed by atoms with Crippen LogP contribution in [-0.2, 0) is 0 Å². The van der Waals surface area contributed by atoms with Crippen LogP contribution in [0.2, 0.25) is 0 Å². The van der Waals surface area contributed by atoms with Gasteiger partial charge in [0.05, 0.1) is 0 Å². The third kappa shape index (κ3) is 4.93. The van der Waals surface area contributed by atoms with E-state index >= 15 is 0 Å². The van der Waals surface area contributed by atoms with Gasteiger partial charge in [0.15, 0.2) is 1.73 Å². The lowest BCUT2D eigenvalue weighted by Gasteiger charge is -1.66. The Hall–Kier alpha value is 0.930. The molecule has 0 aliphatic carbocycles. The van der Waals surface area contributed by atoms with Gasteiger partial charge in [0.2, 0.25) is 0 Å². The number of hydrogen-bond acceptors (Lipinski definition) is 2. The maximum absolute atomic E-state index is 7.72. The van der Waals surface area contributed by atoms with E-state index in [0.29, 0.717) is 1.73 Å². The van der Waals surface area contributed by atoms with Crippen LogP contribution in [0.3, 0.4) is 0 Å². The minimum atomic E-state index is 0.625. The molecule has 0 bridgehead atoms. The Bertz CT molecular complexity index is 47.6. The van der Waals surface area contributed by atoms with E-state index in [9.17, 15) is 0 Å². The first-order valence-electron chi connectivity index (χ1n) is 0.802. The van der Waals surface area contributed by atoms with E-state index < -0.39 is 0 Å². The zero-order chi connectivity index (χ0) is 4.28. The van der Waals surface area contributed by atoms with E-state index in [1.165, 1.54) is 0 Å². The second-order valence-corrected chi connectivity index (χ2v) is 4.45. The molecule has 0 rings (SSSR count). The molecule has 0 heterocycles. The van der Waals surface area contributed by atoms with Gasteiger partial charge in [-0.15, -0.1) is 0 Å². The van der Waals surface area contributed by atoms with E-state index in [4.69, 9.17) is 5.21 Å². The standard InChI is InChI=1S/CHI2NO/c2-1(3)4-5/h5H. The van der Waals surface area contributed by atoms with Gasteiger partial charge >= 0.3 is 0 Å². The summed E-state index contributed by atoms with van der Waals surface area (Å²) in [4.78, 5) is 0. The summed E-state index contributed by atoms with van der Waals surface area (Å²) < 4.78 is 0.625. The first-order valence-corrected chi connectivity index (χ1v) is 2.96. The molecular formula is CHI2NO. The Morgan fingerprint density at radius 3 is 1.80 bits per heavy atom. The third-order valence-corrected chi connectivity index (χ3v) is 0.507. The summed E-state index contributed by atoms with van der Waals surface area (Å²) in [6.07, 6.45) is 0. The van der Waals surface area contributed by atoms with Crippen molar-refractivity contribution in [1.82, 2.24) is 0 Å². The van der Waals surface area contributed by atoms with Crippen molar-refractivity contribution in [2.24, 2.45) is 5.16 Å². The summed E-state index contributed by atoms with van der Waals surface area (Å²) in [6, 6.07) is 0. The molecule has 0 unspecified atom stereocenters. The molecule has 0 aliphatic rings. The van der Waals surface area contributed by atoms with Crippen LogP contribution < -0.4 is 0 Å². The second-order valence-electron chi connectivity index (χ2n) is 0.340. The quantitative estimate of drug-likeness (QED) is 0.313. The summed E-state index contributed by atoms with van der Waals surface area (Å²) in [5, 5.41) is 10.5. The number of halogens is 2. The van der Waals surface area contributed by atoms with Crippen LogP contribution in [0.25, 0.3) is 0 Å². The molecule has 0 aromatic heterocycles. The molecule has 0 fully saturated rings. The molecule has 0 radical (unpaired) electrons. The van der Waals surface area contributed by atoms with Crippen molar-refractivity contribution in [3.8, 4) is 0 Å². The summed E-state index contributed by atoms with van der Waals surface area (Å²) in [6.45, 7) is 0. The fourth-order valence-electron chi connectivity index (χ4n) is 0. The predicted octanol–water partition coefficient (Wildman–Crippen LogP) is 1.60. The molecule has 0 aromatic rings. The van der Waals surface area contributed by atoms with E-state index in [-0.39, 0.29) is 0 Å². The van der Waals surface area contributed by atoms with Crippen LogP contribution in [0.4, 0.5) is 0 Å². The van der Waals surface area contributed by atoms with Crippen molar-refractivity contribution >= 4 is 46.9 Å². The molecule has 5 heavy (non-hydrogen) atoms. The monoisotopic (exact) mass is 297 g/mol. The lowest BCUT2D eigenvalue weighted by molar-refractivity contribution is 0.323. The van der Waals surface area contributed by atoms with Crippen molar-refractivity contribution in [3.63, 3.8) is 0 Å². The highest BCUT2D eigenvalue weighted by molar-refractivity contribution is 14.2. The third-order valence-electron chi connectivity index (χ3n) is 0.0756. The van der Waals surface area contributed by atoms with Crippen LogP contribution in [0, 0.1) is 0 Å². The molecule has 0 atom stereocenters. The van der Waals surface area contributed by atoms with Crippen molar-refractivity contribution in [2.75, 3.05) is 0 Å². The topological polar surface area (TPSA) is 32.6 Å². The van der Waals surface area contributed by atoms with Gasteiger partial charge in [-0.25, -0.2) is 0 Å². The number of hydrogen-bond donors (Lipinski definition) is 1. The number of oxime groups is 1.